The Hall–Kier alpha value is -1.91. The zero-order valence-corrected chi connectivity index (χ0v) is 21.0. The summed E-state index contributed by atoms with van der Waals surface area (Å²) < 4.78 is 0. The molecule has 0 aromatic heterocycles. The summed E-state index contributed by atoms with van der Waals surface area (Å²) >= 11 is 0. The smallest absolute Gasteiger partial charge is 0.0654 e. The molecular formula is C31H42P+. The maximum absolute atomic E-state index is 2.35. The molecule has 32 heavy (non-hydrogen) atoms. The van der Waals surface area contributed by atoms with Crippen LogP contribution in [0.2, 0.25) is 0 Å². The third-order valence-electron chi connectivity index (χ3n) is 6.57. The van der Waals surface area contributed by atoms with Crippen LogP contribution in [0.5, 0.6) is 0 Å². The van der Waals surface area contributed by atoms with Crippen LogP contribution in [0.25, 0.3) is 0 Å². The minimum atomic E-state index is -1.23. The van der Waals surface area contributed by atoms with Gasteiger partial charge in [-0.05, 0) is 29.5 Å². The van der Waals surface area contributed by atoms with E-state index >= 15 is 0 Å². The van der Waals surface area contributed by atoms with E-state index in [1.165, 1.54) is 92.7 Å². The normalized spacial score (nSPS) is 11.5. The van der Waals surface area contributed by atoms with E-state index < -0.39 is 7.26 Å². The Labute approximate surface area is 197 Å². The van der Waals surface area contributed by atoms with Crippen molar-refractivity contribution in [2.75, 3.05) is 6.16 Å². The Morgan fingerprint density at radius 3 is 1.16 bits per heavy atom. The summed E-state index contributed by atoms with van der Waals surface area (Å²) in [5, 5.41) is 0. The fourth-order valence-electron chi connectivity index (χ4n) is 4.90. The van der Waals surface area contributed by atoms with E-state index in [2.05, 4.69) is 97.9 Å². The van der Waals surface area contributed by atoms with E-state index in [0.717, 1.165) is 0 Å². The number of hydrogen-bond acceptors (Lipinski definition) is 0. The lowest BCUT2D eigenvalue weighted by Crippen LogP contribution is -2.09. The van der Waals surface area contributed by atoms with Crippen LogP contribution in [-0.4, -0.2) is 6.16 Å². The van der Waals surface area contributed by atoms with Crippen molar-refractivity contribution in [2.45, 2.75) is 76.8 Å². The molecule has 0 saturated carbocycles. The van der Waals surface area contributed by atoms with Gasteiger partial charge in [-0.1, -0.05) is 136 Å². The zero-order valence-electron chi connectivity index (χ0n) is 20.1. The SMILES string of the molecule is CCCCCCCCCC[P+](Cc1ccccc1)(Cc1ccccc1)Cc1ccccc1. The van der Waals surface area contributed by atoms with E-state index in [0.29, 0.717) is 0 Å². The zero-order chi connectivity index (χ0) is 22.3. The molecule has 0 nitrogen and oxygen atoms in total. The highest BCUT2D eigenvalue weighted by Gasteiger charge is 2.37. The molecule has 170 valence electrons. The maximum Gasteiger partial charge on any atom is 0.0849 e. The average Bonchev–Trinajstić information content (AvgIpc) is 2.83. The molecule has 0 amide bonds. The summed E-state index contributed by atoms with van der Waals surface area (Å²) in [6.07, 6.45) is 16.4. The molecule has 0 aliphatic carbocycles. The lowest BCUT2D eigenvalue weighted by molar-refractivity contribution is 0.585. The van der Waals surface area contributed by atoms with Gasteiger partial charge in [-0.2, -0.15) is 0 Å². The highest BCUT2D eigenvalue weighted by Crippen LogP contribution is 2.67. The summed E-state index contributed by atoms with van der Waals surface area (Å²) in [7, 11) is -1.23. The Morgan fingerprint density at radius 2 is 0.781 bits per heavy atom. The summed E-state index contributed by atoms with van der Waals surface area (Å²) in [5.41, 5.74) is 4.56. The molecule has 3 rings (SSSR count). The van der Waals surface area contributed by atoms with E-state index in [4.69, 9.17) is 0 Å². The molecule has 0 heterocycles. The van der Waals surface area contributed by atoms with Crippen LogP contribution in [0, 0.1) is 0 Å². The second-order valence-electron chi connectivity index (χ2n) is 9.47. The lowest BCUT2D eigenvalue weighted by atomic mass is 10.1. The monoisotopic (exact) mass is 445 g/mol. The fraction of sp³-hybridized carbons (Fsp3) is 0.419. The summed E-state index contributed by atoms with van der Waals surface area (Å²) in [6, 6.07) is 33.8. The van der Waals surface area contributed by atoms with Crippen molar-refractivity contribution in [2.24, 2.45) is 0 Å². The molecule has 0 unspecified atom stereocenters. The predicted octanol–water partition coefficient (Wildman–Crippen LogP) is 9.75. The third kappa shape index (κ3) is 8.91. The molecule has 1 heteroatoms. The van der Waals surface area contributed by atoms with Crippen LogP contribution < -0.4 is 0 Å². The quantitative estimate of drug-likeness (QED) is 0.161. The van der Waals surface area contributed by atoms with Crippen LogP contribution in [0.4, 0.5) is 0 Å². The molecule has 0 saturated heterocycles. The fourth-order valence-corrected chi connectivity index (χ4v) is 9.56. The van der Waals surface area contributed by atoms with Crippen LogP contribution in [0.3, 0.4) is 0 Å². The Kier molecular flexibility index (Phi) is 11.0. The molecule has 3 aromatic rings. The molecule has 3 aromatic carbocycles. The summed E-state index contributed by atoms with van der Waals surface area (Å²) in [4.78, 5) is 0. The third-order valence-corrected chi connectivity index (χ3v) is 10.9. The molecule has 0 radical (unpaired) electrons. The highest BCUT2D eigenvalue weighted by atomic mass is 31.2. The summed E-state index contributed by atoms with van der Waals surface area (Å²) in [5.74, 6) is 0. The molecule has 0 fully saturated rings. The van der Waals surface area contributed by atoms with E-state index in [-0.39, 0.29) is 0 Å². The van der Waals surface area contributed by atoms with Gasteiger partial charge in [0.15, 0.2) is 0 Å². The van der Waals surface area contributed by atoms with Crippen molar-refractivity contribution >= 4 is 7.26 Å². The molecule has 0 aliphatic rings. The average molecular weight is 446 g/mol. The van der Waals surface area contributed by atoms with Gasteiger partial charge in [0.2, 0.25) is 0 Å². The predicted molar refractivity (Wildman–Crippen MR) is 145 cm³/mol. The number of rotatable bonds is 15. The van der Waals surface area contributed by atoms with E-state index in [9.17, 15) is 0 Å². The molecule has 0 atom stereocenters. The first kappa shape index (κ1) is 24.7. The minimum Gasteiger partial charge on any atom is -0.0654 e. The lowest BCUT2D eigenvalue weighted by Gasteiger charge is -2.29. The molecule has 0 spiro atoms. The topological polar surface area (TPSA) is 0 Å². The van der Waals surface area contributed by atoms with E-state index in [1.54, 1.807) is 0 Å². The standard InChI is InChI=1S/C31H42P/c1-2-3-4-5-6-7-8-18-25-32(26-29-19-12-9-13-20-29,27-30-21-14-10-15-22-30)28-31-23-16-11-17-24-31/h9-17,19-24H,2-8,18,25-28H2,1H3/q+1. The van der Waals surface area contributed by atoms with Gasteiger partial charge in [-0.15, -0.1) is 0 Å². The van der Waals surface area contributed by atoms with Gasteiger partial charge in [0, 0.05) is 7.26 Å². The first-order chi connectivity index (χ1) is 15.8. The van der Waals surface area contributed by atoms with Crippen LogP contribution in [-0.2, 0) is 18.5 Å². The minimum absolute atomic E-state index is 1.23. The summed E-state index contributed by atoms with van der Waals surface area (Å²) in [6.45, 7) is 2.30. The maximum atomic E-state index is 2.35. The van der Waals surface area contributed by atoms with Crippen molar-refractivity contribution in [3.63, 3.8) is 0 Å². The van der Waals surface area contributed by atoms with Crippen LogP contribution >= 0.6 is 7.26 Å². The van der Waals surface area contributed by atoms with Crippen molar-refractivity contribution < 1.29 is 0 Å². The van der Waals surface area contributed by atoms with Crippen molar-refractivity contribution in [3.05, 3.63) is 108 Å². The number of benzene rings is 3. The largest absolute Gasteiger partial charge is 0.0849 e. The van der Waals surface area contributed by atoms with E-state index in [1.807, 2.05) is 0 Å². The van der Waals surface area contributed by atoms with Gasteiger partial charge in [-0.3, -0.25) is 0 Å². The van der Waals surface area contributed by atoms with Gasteiger partial charge in [0.25, 0.3) is 0 Å². The highest BCUT2D eigenvalue weighted by molar-refractivity contribution is 7.73. The van der Waals surface area contributed by atoms with Crippen molar-refractivity contribution in [1.82, 2.24) is 0 Å². The van der Waals surface area contributed by atoms with Gasteiger partial charge in [0.1, 0.15) is 0 Å². The molecule has 0 bridgehead atoms. The Balaban J connectivity index is 1.74. The van der Waals surface area contributed by atoms with Gasteiger partial charge < -0.3 is 0 Å². The number of hydrogen-bond donors (Lipinski definition) is 0. The molecule has 0 N–H and O–H groups in total. The van der Waals surface area contributed by atoms with Crippen LogP contribution in [0.15, 0.2) is 91.0 Å². The van der Waals surface area contributed by atoms with Gasteiger partial charge in [-0.25, -0.2) is 0 Å². The Morgan fingerprint density at radius 1 is 0.438 bits per heavy atom. The first-order valence-corrected chi connectivity index (χ1v) is 15.3. The first-order valence-electron chi connectivity index (χ1n) is 12.8. The van der Waals surface area contributed by atoms with Crippen molar-refractivity contribution in [1.29, 1.82) is 0 Å². The van der Waals surface area contributed by atoms with Crippen LogP contribution in [0.1, 0.15) is 75.0 Å². The number of unbranched alkanes of at least 4 members (excludes halogenated alkanes) is 7. The van der Waals surface area contributed by atoms with Gasteiger partial charge in [0.05, 0.1) is 24.6 Å². The van der Waals surface area contributed by atoms with Gasteiger partial charge >= 0.3 is 0 Å². The second kappa shape index (κ2) is 14.3. The Bertz CT molecular complexity index is 740. The second-order valence-corrected chi connectivity index (χ2v) is 13.6. The molecular weight excluding hydrogens is 403 g/mol. The molecule has 0 aliphatic heterocycles. The van der Waals surface area contributed by atoms with Crippen molar-refractivity contribution in [3.8, 4) is 0 Å².